The Kier molecular flexibility index (Phi) is 6.64. The van der Waals surface area contributed by atoms with E-state index in [2.05, 4.69) is 34.9 Å². The van der Waals surface area contributed by atoms with Gasteiger partial charge in [0.15, 0.2) is 0 Å². The van der Waals surface area contributed by atoms with E-state index in [0.29, 0.717) is 19.3 Å². The summed E-state index contributed by atoms with van der Waals surface area (Å²) >= 11 is 0. The number of carboxylic acid groups (broad SMARTS) is 1. The monoisotopic (exact) mass is 464 g/mol. The first-order chi connectivity index (χ1) is 16.1. The highest BCUT2D eigenvalue weighted by Crippen LogP contribution is 2.44. The van der Waals surface area contributed by atoms with Gasteiger partial charge in [0.2, 0.25) is 5.91 Å². The maximum atomic E-state index is 12.7. The molecule has 7 heteroatoms. The van der Waals surface area contributed by atoms with Crippen LogP contribution in [0.5, 0.6) is 0 Å². The Morgan fingerprint density at radius 2 is 1.59 bits per heavy atom. The van der Waals surface area contributed by atoms with Crippen molar-refractivity contribution in [3.05, 3.63) is 59.7 Å². The maximum Gasteiger partial charge on any atom is 0.407 e. The molecule has 0 radical (unpaired) electrons. The third-order valence-electron chi connectivity index (χ3n) is 6.87. The highest BCUT2D eigenvalue weighted by molar-refractivity contribution is 5.86. The van der Waals surface area contributed by atoms with Crippen LogP contribution >= 0.6 is 0 Å². The van der Waals surface area contributed by atoms with Gasteiger partial charge in [-0.25, -0.2) is 9.59 Å². The smallest absolute Gasteiger partial charge is 0.407 e. The topological polar surface area (TPSA) is 105 Å². The predicted molar refractivity (Wildman–Crippen MR) is 128 cm³/mol. The van der Waals surface area contributed by atoms with Crippen molar-refractivity contribution in [1.29, 1.82) is 0 Å². The van der Waals surface area contributed by atoms with E-state index in [0.717, 1.165) is 11.1 Å². The van der Waals surface area contributed by atoms with Gasteiger partial charge in [0, 0.05) is 17.9 Å². The minimum Gasteiger partial charge on any atom is -0.480 e. The molecule has 2 amide bonds. The molecule has 0 heterocycles. The molecule has 0 spiro atoms. The molecule has 3 atom stereocenters. The summed E-state index contributed by atoms with van der Waals surface area (Å²) in [5.41, 5.74) is 4.05. The highest BCUT2D eigenvalue weighted by atomic mass is 16.5. The van der Waals surface area contributed by atoms with E-state index in [-0.39, 0.29) is 30.4 Å². The maximum absolute atomic E-state index is 12.7. The zero-order chi connectivity index (χ0) is 24.5. The zero-order valence-electron chi connectivity index (χ0n) is 19.8. The van der Waals surface area contributed by atoms with Crippen molar-refractivity contribution in [2.45, 2.75) is 58.0 Å². The average Bonchev–Trinajstić information content (AvgIpc) is 3.37. The third kappa shape index (κ3) is 4.93. The summed E-state index contributed by atoms with van der Waals surface area (Å²) in [7, 11) is 0. The van der Waals surface area contributed by atoms with Gasteiger partial charge in [-0.3, -0.25) is 4.79 Å². The Labute approximate surface area is 199 Å². The molecular weight excluding hydrogens is 432 g/mol. The number of aliphatic carboxylic acids is 1. The summed E-state index contributed by atoms with van der Waals surface area (Å²) in [5, 5.41) is 15.0. The van der Waals surface area contributed by atoms with Gasteiger partial charge in [0.1, 0.15) is 12.6 Å². The Morgan fingerprint density at radius 3 is 2.15 bits per heavy atom. The zero-order valence-corrected chi connectivity index (χ0v) is 19.8. The van der Waals surface area contributed by atoms with E-state index in [1.54, 1.807) is 20.8 Å². The van der Waals surface area contributed by atoms with E-state index in [1.807, 2.05) is 24.3 Å². The minimum atomic E-state index is -1.05. The number of benzene rings is 2. The molecule has 0 saturated heterocycles. The van der Waals surface area contributed by atoms with Gasteiger partial charge in [-0.05, 0) is 46.9 Å². The molecule has 3 N–H and O–H groups in total. The lowest BCUT2D eigenvalue weighted by Crippen LogP contribution is -2.50. The van der Waals surface area contributed by atoms with Gasteiger partial charge < -0.3 is 20.5 Å². The van der Waals surface area contributed by atoms with Crippen LogP contribution in [-0.4, -0.2) is 41.8 Å². The third-order valence-corrected chi connectivity index (χ3v) is 6.87. The standard InChI is InChI=1S/C27H32N2O5/c1-27(2,3)23(25(31)32)29-24(30)16-12-13-17(14-16)28-26(33)34-15-22-20-10-6-4-8-18(20)19-9-5-7-11-21(19)22/h4-11,16-17,22-23H,12-15H2,1-3H3,(H,28,33)(H,29,30)(H,31,32)/t16-,17+,23-/m1/s1. The van der Waals surface area contributed by atoms with Gasteiger partial charge in [0.05, 0.1) is 0 Å². The van der Waals surface area contributed by atoms with Gasteiger partial charge in [-0.2, -0.15) is 0 Å². The van der Waals surface area contributed by atoms with Crippen LogP contribution in [-0.2, 0) is 14.3 Å². The predicted octanol–water partition coefficient (Wildman–Crippen LogP) is 4.31. The lowest BCUT2D eigenvalue weighted by atomic mass is 9.86. The molecule has 7 nitrogen and oxygen atoms in total. The first-order valence-corrected chi connectivity index (χ1v) is 11.8. The highest BCUT2D eigenvalue weighted by Gasteiger charge is 2.37. The fraction of sp³-hybridized carbons (Fsp3) is 0.444. The van der Waals surface area contributed by atoms with Gasteiger partial charge in [0.25, 0.3) is 0 Å². The summed E-state index contributed by atoms with van der Waals surface area (Å²) < 4.78 is 5.61. The molecule has 2 aromatic carbocycles. The molecule has 0 bridgehead atoms. The molecular formula is C27H32N2O5. The number of amides is 2. The number of fused-ring (bicyclic) bond motifs is 3. The second-order valence-corrected chi connectivity index (χ2v) is 10.3. The molecule has 4 rings (SSSR count). The van der Waals surface area contributed by atoms with Gasteiger partial charge >= 0.3 is 12.1 Å². The minimum absolute atomic E-state index is 0.00870. The van der Waals surface area contributed by atoms with Crippen molar-refractivity contribution < 1.29 is 24.2 Å². The van der Waals surface area contributed by atoms with E-state index in [9.17, 15) is 19.5 Å². The molecule has 2 aromatic rings. The fourth-order valence-electron chi connectivity index (χ4n) is 5.07. The average molecular weight is 465 g/mol. The second-order valence-electron chi connectivity index (χ2n) is 10.3. The normalized spacial score (nSPS) is 20.2. The Balaban J connectivity index is 1.30. The lowest BCUT2D eigenvalue weighted by Gasteiger charge is -2.28. The number of hydrogen-bond acceptors (Lipinski definition) is 4. The molecule has 2 aliphatic carbocycles. The lowest BCUT2D eigenvalue weighted by molar-refractivity contribution is -0.145. The summed E-state index contributed by atoms with van der Waals surface area (Å²) in [6, 6.07) is 15.2. The Hall–Kier alpha value is -3.35. The van der Waals surface area contributed by atoms with Crippen LogP contribution < -0.4 is 10.6 Å². The van der Waals surface area contributed by atoms with Crippen LogP contribution in [0.4, 0.5) is 4.79 Å². The quantitative estimate of drug-likeness (QED) is 0.591. The summed E-state index contributed by atoms with van der Waals surface area (Å²) in [4.78, 5) is 36.7. The van der Waals surface area contributed by atoms with Crippen molar-refractivity contribution in [1.82, 2.24) is 10.6 Å². The largest absolute Gasteiger partial charge is 0.480 e. The number of alkyl carbamates (subject to hydrolysis) is 1. The van der Waals surface area contributed by atoms with Crippen molar-refractivity contribution in [2.75, 3.05) is 6.61 Å². The van der Waals surface area contributed by atoms with Crippen molar-refractivity contribution in [3.8, 4) is 11.1 Å². The van der Waals surface area contributed by atoms with Crippen LogP contribution in [0.2, 0.25) is 0 Å². The number of carbonyl (C=O) groups excluding carboxylic acids is 2. The number of hydrogen-bond donors (Lipinski definition) is 3. The number of ether oxygens (including phenoxy) is 1. The van der Waals surface area contributed by atoms with Crippen LogP contribution in [0.15, 0.2) is 48.5 Å². The van der Waals surface area contributed by atoms with Gasteiger partial charge in [-0.15, -0.1) is 0 Å². The van der Waals surface area contributed by atoms with Crippen LogP contribution in [0.3, 0.4) is 0 Å². The summed E-state index contributed by atoms with van der Waals surface area (Å²) in [6.07, 6.45) is 1.21. The van der Waals surface area contributed by atoms with Crippen molar-refractivity contribution >= 4 is 18.0 Å². The number of carboxylic acids is 1. The molecule has 2 aliphatic rings. The Bertz CT molecular complexity index is 1040. The molecule has 0 aromatic heterocycles. The van der Waals surface area contributed by atoms with Gasteiger partial charge in [-0.1, -0.05) is 69.3 Å². The number of rotatable bonds is 6. The first-order valence-electron chi connectivity index (χ1n) is 11.8. The molecule has 0 unspecified atom stereocenters. The molecule has 0 aliphatic heterocycles. The van der Waals surface area contributed by atoms with E-state index in [4.69, 9.17) is 4.74 Å². The molecule has 1 saturated carbocycles. The summed E-state index contributed by atoms with van der Waals surface area (Å²) in [5.74, 6) is -1.67. The van der Waals surface area contributed by atoms with Crippen LogP contribution in [0.1, 0.15) is 57.1 Å². The van der Waals surface area contributed by atoms with Crippen molar-refractivity contribution in [2.24, 2.45) is 11.3 Å². The SMILES string of the molecule is CC(C)(C)[C@H](NC(=O)[C@@H]1CC[C@H](NC(=O)OCC2c3ccccc3-c3ccccc32)C1)C(=O)O. The number of nitrogens with one attached hydrogen (secondary N) is 2. The molecule has 180 valence electrons. The molecule has 1 fully saturated rings. The van der Waals surface area contributed by atoms with E-state index >= 15 is 0 Å². The second kappa shape index (κ2) is 9.49. The van der Waals surface area contributed by atoms with E-state index < -0.39 is 23.5 Å². The fourth-order valence-corrected chi connectivity index (χ4v) is 5.07. The molecule has 34 heavy (non-hydrogen) atoms. The van der Waals surface area contributed by atoms with E-state index in [1.165, 1.54) is 11.1 Å². The van der Waals surface area contributed by atoms with Crippen molar-refractivity contribution in [3.63, 3.8) is 0 Å². The number of carbonyl (C=O) groups is 3. The first kappa shape index (κ1) is 23.8. The summed E-state index contributed by atoms with van der Waals surface area (Å²) in [6.45, 7) is 5.58. The Morgan fingerprint density at radius 1 is 1.00 bits per heavy atom. The van der Waals surface area contributed by atoms with Crippen LogP contribution in [0.25, 0.3) is 11.1 Å². The van der Waals surface area contributed by atoms with Crippen LogP contribution in [0, 0.1) is 11.3 Å².